The standard InChI is InChI=1S/C23H22N4O5S2/c1-23(2)21(34-22(33)24(23)3)26-17(13-8-7-11-15(12-13)27(30)31)16-18(32-26)20(29)25(19(16)28)14-9-5-4-6-10-14/h4-12,16-18,21H,1-3H3. The molecular weight excluding hydrogens is 476 g/mol. The molecule has 0 spiro atoms. The maximum absolute atomic E-state index is 13.7. The van der Waals surface area contributed by atoms with Gasteiger partial charge in [-0.1, -0.05) is 54.3 Å². The number of hydroxylamine groups is 2. The molecule has 2 aromatic carbocycles. The highest BCUT2D eigenvalue weighted by Crippen LogP contribution is 2.52. The summed E-state index contributed by atoms with van der Waals surface area (Å²) in [7, 11) is 1.89. The van der Waals surface area contributed by atoms with Gasteiger partial charge in [0.1, 0.15) is 9.69 Å². The Morgan fingerprint density at radius 3 is 2.41 bits per heavy atom. The number of imide groups is 1. The number of hydrogen-bond acceptors (Lipinski definition) is 8. The molecule has 0 aliphatic carbocycles. The predicted molar refractivity (Wildman–Crippen MR) is 131 cm³/mol. The minimum absolute atomic E-state index is 0.0939. The van der Waals surface area contributed by atoms with Gasteiger partial charge in [0, 0.05) is 19.2 Å². The van der Waals surface area contributed by atoms with Crippen LogP contribution < -0.4 is 4.90 Å². The van der Waals surface area contributed by atoms with E-state index in [4.69, 9.17) is 17.1 Å². The van der Waals surface area contributed by atoms with Crippen LogP contribution in [0.25, 0.3) is 0 Å². The largest absolute Gasteiger partial charge is 0.353 e. The minimum atomic E-state index is -1.03. The van der Waals surface area contributed by atoms with Crippen LogP contribution in [0, 0.1) is 16.0 Å². The van der Waals surface area contributed by atoms with Gasteiger partial charge >= 0.3 is 0 Å². The normalized spacial score (nSPS) is 28.6. The van der Waals surface area contributed by atoms with Crippen molar-refractivity contribution in [3.63, 3.8) is 0 Å². The third-order valence-corrected chi connectivity index (χ3v) is 8.81. The third-order valence-electron chi connectivity index (χ3n) is 6.77. The number of likely N-dealkylation sites (N-methyl/N-ethyl adjacent to an activating group) is 1. The molecule has 0 N–H and O–H groups in total. The second-order valence-electron chi connectivity index (χ2n) is 9.00. The number of para-hydroxylation sites is 1. The first kappa shape index (κ1) is 22.9. The zero-order valence-electron chi connectivity index (χ0n) is 18.7. The van der Waals surface area contributed by atoms with Gasteiger partial charge in [-0.2, -0.15) is 5.06 Å². The van der Waals surface area contributed by atoms with E-state index in [1.54, 1.807) is 47.5 Å². The number of rotatable bonds is 4. The smallest absolute Gasteiger partial charge is 0.269 e. The SMILES string of the molecule is CN1C(=S)SC(N2OC3C(=O)N(c4ccccc4)C(=O)C3C2c2cccc([N+](=O)[O-])c2)C1(C)C. The van der Waals surface area contributed by atoms with Crippen LogP contribution in [0.5, 0.6) is 0 Å². The van der Waals surface area contributed by atoms with Crippen molar-refractivity contribution in [2.24, 2.45) is 5.92 Å². The summed E-state index contributed by atoms with van der Waals surface area (Å²) < 4.78 is 0.664. The summed E-state index contributed by atoms with van der Waals surface area (Å²) in [6.07, 6.45) is -1.03. The van der Waals surface area contributed by atoms with Crippen molar-refractivity contribution in [1.82, 2.24) is 9.96 Å². The lowest BCUT2D eigenvalue weighted by Gasteiger charge is -2.39. The van der Waals surface area contributed by atoms with Crippen molar-refractivity contribution in [1.29, 1.82) is 0 Å². The molecule has 9 nitrogen and oxygen atoms in total. The van der Waals surface area contributed by atoms with E-state index in [0.29, 0.717) is 15.6 Å². The Labute approximate surface area is 205 Å². The molecule has 4 atom stereocenters. The van der Waals surface area contributed by atoms with Crippen molar-refractivity contribution >= 4 is 51.5 Å². The van der Waals surface area contributed by atoms with Gasteiger partial charge in [0.15, 0.2) is 6.10 Å². The van der Waals surface area contributed by atoms with Crippen LogP contribution in [0.2, 0.25) is 0 Å². The lowest BCUT2D eigenvalue weighted by atomic mass is 9.89. The fourth-order valence-electron chi connectivity index (χ4n) is 4.73. The molecule has 5 rings (SSSR count). The Kier molecular flexibility index (Phi) is 5.47. The molecule has 3 aliphatic rings. The molecule has 3 saturated heterocycles. The van der Waals surface area contributed by atoms with E-state index in [1.807, 2.05) is 25.8 Å². The first-order chi connectivity index (χ1) is 16.1. The van der Waals surface area contributed by atoms with E-state index >= 15 is 0 Å². The number of carbonyl (C=O) groups excluding carboxylic acids is 2. The van der Waals surface area contributed by atoms with Gasteiger partial charge in [-0.3, -0.25) is 24.5 Å². The maximum Gasteiger partial charge on any atom is 0.269 e. The second-order valence-corrected chi connectivity index (χ2v) is 10.7. The first-order valence-electron chi connectivity index (χ1n) is 10.7. The molecule has 3 heterocycles. The van der Waals surface area contributed by atoms with E-state index in [9.17, 15) is 19.7 Å². The van der Waals surface area contributed by atoms with Crippen LogP contribution in [-0.2, 0) is 14.4 Å². The lowest BCUT2D eigenvalue weighted by Crippen LogP contribution is -2.51. The fraction of sp³-hybridized carbons (Fsp3) is 0.348. The molecule has 0 aromatic heterocycles. The average molecular weight is 499 g/mol. The number of thiocarbonyl (C=S) groups is 1. The van der Waals surface area contributed by atoms with Crippen molar-refractivity contribution in [3.8, 4) is 0 Å². The number of nitro groups is 1. The van der Waals surface area contributed by atoms with Crippen LogP contribution in [0.15, 0.2) is 54.6 Å². The molecule has 34 heavy (non-hydrogen) atoms. The number of non-ortho nitro benzene ring substituents is 1. The Bertz CT molecular complexity index is 1210. The Morgan fingerprint density at radius 2 is 1.79 bits per heavy atom. The number of benzene rings is 2. The van der Waals surface area contributed by atoms with Crippen molar-refractivity contribution in [2.75, 3.05) is 11.9 Å². The number of amides is 2. The Balaban J connectivity index is 1.61. The molecule has 4 unspecified atom stereocenters. The highest BCUT2D eigenvalue weighted by atomic mass is 32.2. The van der Waals surface area contributed by atoms with Gasteiger partial charge in [0.2, 0.25) is 5.91 Å². The van der Waals surface area contributed by atoms with E-state index in [1.165, 1.54) is 23.9 Å². The van der Waals surface area contributed by atoms with E-state index in [0.717, 1.165) is 4.90 Å². The molecule has 2 aromatic rings. The number of nitrogens with zero attached hydrogens (tertiary/aromatic N) is 4. The van der Waals surface area contributed by atoms with Crippen LogP contribution in [-0.4, -0.2) is 55.1 Å². The van der Waals surface area contributed by atoms with Gasteiger partial charge in [-0.15, -0.1) is 0 Å². The van der Waals surface area contributed by atoms with Gasteiger partial charge in [0.05, 0.1) is 28.1 Å². The second kappa shape index (κ2) is 8.12. The summed E-state index contributed by atoms with van der Waals surface area (Å²) in [5, 5.41) is 12.8. The average Bonchev–Trinajstić information content (AvgIpc) is 3.39. The molecule has 3 aliphatic heterocycles. The summed E-state index contributed by atoms with van der Waals surface area (Å²) in [4.78, 5) is 47.4. The summed E-state index contributed by atoms with van der Waals surface area (Å²) >= 11 is 6.93. The zero-order valence-corrected chi connectivity index (χ0v) is 20.3. The Hall–Kier alpha value is -2.86. The molecule has 0 saturated carbocycles. The molecule has 3 fully saturated rings. The molecule has 0 radical (unpaired) electrons. The Morgan fingerprint density at radius 1 is 1.09 bits per heavy atom. The molecule has 11 heteroatoms. The summed E-state index contributed by atoms with van der Waals surface area (Å²) in [5.41, 5.74) is 0.430. The fourth-order valence-corrected chi connectivity index (χ4v) is 6.55. The number of carbonyl (C=O) groups is 2. The van der Waals surface area contributed by atoms with Crippen molar-refractivity contribution in [3.05, 3.63) is 70.3 Å². The number of hydrogen-bond donors (Lipinski definition) is 0. The lowest BCUT2D eigenvalue weighted by molar-refractivity contribution is -0.385. The summed E-state index contributed by atoms with van der Waals surface area (Å²) in [6.45, 7) is 4.01. The van der Waals surface area contributed by atoms with E-state index in [2.05, 4.69) is 0 Å². The predicted octanol–water partition coefficient (Wildman–Crippen LogP) is 3.51. The van der Waals surface area contributed by atoms with Gasteiger partial charge < -0.3 is 4.90 Å². The number of nitro benzene ring substituents is 1. The molecule has 176 valence electrons. The van der Waals surface area contributed by atoms with Crippen molar-refractivity contribution in [2.45, 2.75) is 36.9 Å². The maximum atomic E-state index is 13.7. The topological polar surface area (TPSA) is 96.2 Å². The van der Waals surface area contributed by atoms with Crippen LogP contribution >= 0.6 is 24.0 Å². The van der Waals surface area contributed by atoms with Gasteiger partial charge in [-0.25, -0.2) is 4.90 Å². The minimum Gasteiger partial charge on any atom is -0.353 e. The van der Waals surface area contributed by atoms with Crippen LogP contribution in [0.1, 0.15) is 25.5 Å². The summed E-state index contributed by atoms with van der Waals surface area (Å²) in [5.74, 6) is -1.70. The van der Waals surface area contributed by atoms with Crippen LogP contribution in [0.3, 0.4) is 0 Å². The van der Waals surface area contributed by atoms with Crippen molar-refractivity contribution < 1.29 is 19.3 Å². The molecule has 0 bridgehead atoms. The van der Waals surface area contributed by atoms with E-state index < -0.39 is 40.3 Å². The number of fused-ring (bicyclic) bond motifs is 1. The molecular formula is C23H22N4O5S2. The number of anilines is 1. The number of thioether (sulfide) groups is 1. The van der Waals surface area contributed by atoms with Gasteiger partial charge in [-0.05, 0) is 31.5 Å². The van der Waals surface area contributed by atoms with Gasteiger partial charge in [0.25, 0.3) is 11.6 Å². The quantitative estimate of drug-likeness (QED) is 0.272. The summed E-state index contributed by atoms with van der Waals surface area (Å²) in [6, 6.07) is 14.2. The van der Waals surface area contributed by atoms with E-state index in [-0.39, 0.29) is 11.1 Å². The first-order valence-corrected chi connectivity index (χ1v) is 12.0. The highest BCUT2D eigenvalue weighted by Gasteiger charge is 2.63. The monoisotopic (exact) mass is 498 g/mol. The third kappa shape index (κ3) is 3.34. The molecule has 2 amide bonds. The highest BCUT2D eigenvalue weighted by molar-refractivity contribution is 8.23. The zero-order chi connectivity index (χ0) is 24.4. The van der Waals surface area contributed by atoms with Crippen LogP contribution in [0.4, 0.5) is 11.4 Å².